The number of aromatic amines is 1. The summed E-state index contributed by atoms with van der Waals surface area (Å²) in [4.78, 5) is 6.95. The Morgan fingerprint density at radius 3 is 2.85 bits per heavy atom. The van der Waals surface area contributed by atoms with Crippen LogP contribution in [0.3, 0.4) is 0 Å². The lowest BCUT2D eigenvalue weighted by atomic mass is 10.4. The van der Waals surface area contributed by atoms with E-state index in [9.17, 15) is 5.11 Å². The molecule has 0 saturated heterocycles. The third-order valence-electron chi connectivity index (χ3n) is 1.68. The summed E-state index contributed by atoms with van der Waals surface area (Å²) in [5, 5.41) is 9.49. The smallest absolute Gasteiger partial charge is 0.219 e. The largest absolute Gasteiger partial charge is 0.493 e. The number of rotatable bonds is 3. The molecule has 1 aromatic heterocycles. The normalized spacial score (nSPS) is 11.2. The van der Waals surface area contributed by atoms with E-state index in [4.69, 9.17) is 12.2 Å². The van der Waals surface area contributed by atoms with Crippen LogP contribution in [0.1, 0.15) is 19.0 Å². The quantitative estimate of drug-likeness (QED) is 0.574. The van der Waals surface area contributed by atoms with Gasteiger partial charge in [-0.15, -0.1) is 0 Å². The van der Waals surface area contributed by atoms with Crippen molar-refractivity contribution in [1.29, 1.82) is 0 Å². The van der Waals surface area contributed by atoms with Crippen LogP contribution in [0.15, 0.2) is 4.99 Å². The molecule has 0 spiro atoms. The van der Waals surface area contributed by atoms with E-state index in [-0.39, 0.29) is 5.88 Å². The van der Waals surface area contributed by atoms with Gasteiger partial charge in [0.15, 0.2) is 4.77 Å². The molecule has 0 amide bonds. The van der Waals surface area contributed by atoms with Crippen molar-refractivity contribution >= 4 is 18.4 Å². The molecule has 1 rings (SSSR count). The van der Waals surface area contributed by atoms with Gasteiger partial charge in [-0.2, -0.15) is 0 Å². The molecular weight excluding hydrogens is 186 g/mol. The monoisotopic (exact) mass is 199 g/mol. The topological polar surface area (TPSA) is 53.3 Å². The molecular formula is C8H13N3OS. The second-order valence-corrected chi connectivity index (χ2v) is 3.15. The lowest BCUT2D eigenvalue weighted by Crippen LogP contribution is -1.86. The van der Waals surface area contributed by atoms with Crippen LogP contribution in [0, 0.1) is 4.77 Å². The van der Waals surface area contributed by atoms with Gasteiger partial charge < -0.3 is 10.1 Å². The molecule has 13 heavy (non-hydrogen) atoms. The van der Waals surface area contributed by atoms with Crippen LogP contribution in [0.4, 0.5) is 0 Å². The maximum Gasteiger partial charge on any atom is 0.219 e. The Balaban J connectivity index is 2.90. The van der Waals surface area contributed by atoms with Gasteiger partial charge in [0.2, 0.25) is 5.88 Å². The van der Waals surface area contributed by atoms with Crippen LogP contribution in [0.2, 0.25) is 0 Å². The van der Waals surface area contributed by atoms with E-state index >= 15 is 0 Å². The van der Waals surface area contributed by atoms with Gasteiger partial charge in [-0.05, 0) is 18.6 Å². The first kappa shape index (κ1) is 9.98. The summed E-state index contributed by atoms with van der Waals surface area (Å²) < 4.78 is 2.00. The van der Waals surface area contributed by atoms with Crippen LogP contribution in [-0.4, -0.2) is 27.4 Å². The number of aromatic hydroxyl groups is 1. The van der Waals surface area contributed by atoms with E-state index in [1.807, 2.05) is 6.92 Å². The summed E-state index contributed by atoms with van der Waals surface area (Å²) in [6, 6.07) is 0. The van der Waals surface area contributed by atoms with Gasteiger partial charge in [0.05, 0.1) is 6.21 Å². The minimum absolute atomic E-state index is 0.129. The highest BCUT2D eigenvalue weighted by Gasteiger charge is 2.03. The minimum atomic E-state index is 0.129. The Morgan fingerprint density at radius 2 is 2.38 bits per heavy atom. The molecule has 0 radical (unpaired) electrons. The Hall–Kier alpha value is -1.10. The highest BCUT2D eigenvalue weighted by atomic mass is 32.1. The molecule has 1 aromatic rings. The molecule has 1 heterocycles. The van der Waals surface area contributed by atoms with E-state index in [0.29, 0.717) is 10.5 Å². The zero-order chi connectivity index (χ0) is 9.84. The van der Waals surface area contributed by atoms with Gasteiger partial charge in [0, 0.05) is 13.6 Å². The Morgan fingerprint density at radius 1 is 1.69 bits per heavy atom. The minimum Gasteiger partial charge on any atom is -0.493 e. The van der Waals surface area contributed by atoms with Crippen LogP contribution in [0.5, 0.6) is 5.88 Å². The molecule has 0 aliphatic rings. The lowest BCUT2D eigenvalue weighted by molar-refractivity contribution is 0.430. The number of imidazole rings is 1. The number of aliphatic imine (C=N–C) groups is 1. The Labute approximate surface area is 81.9 Å². The van der Waals surface area contributed by atoms with Gasteiger partial charge in [0.1, 0.15) is 5.69 Å². The number of nitrogens with one attached hydrogen (secondary N) is 1. The molecule has 0 atom stereocenters. The average Bonchev–Trinajstić information content (AvgIpc) is 2.34. The first-order valence-corrected chi connectivity index (χ1v) is 4.55. The Kier molecular flexibility index (Phi) is 3.25. The molecule has 72 valence electrons. The van der Waals surface area contributed by atoms with Gasteiger partial charge in [-0.25, -0.2) is 0 Å². The summed E-state index contributed by atoms with van der Waals surface area (Å²) in [6.07, 6.45) is 2.60. The van der Waals surface area contributed by atoms with Crippen molar-refractivity contribution in [2.45, 2.75) is 13.3 Å². The fourth-order valence-electron chi connectivity index (χ4n) is 0.907. The molecule has 0 saturated carbocycles. The van der Waals surface area contributed by atoms with Gasteiger partial charge in [0.25, 0.3) is 0 Å². The molecule has 0 aliphatic heterocycles. The van der Waals surface area contributed by atoms with E-state index in [0.717, 1.165) is 13.0 Å². The SMILES string of the molecule is CCCN=Cc1[nH]c(=S)n(C)c1O. The summed E-state index contributed by atoms with van der Waals surface area (Å²) >= 11 is 4.93. The molecule has 0 aromatic carbocycles. The maximum atomic E-state index is 9.49. The third-order valence-corrected chi connectivity index (χ3v) is 2.05. The van der Waals surface area contributed by atoms with Crippen LogP contribution in [-0.2, 0) is 7.05 Å². The number of H-pyrrole nitrogens is 1. The van der Waals surface area contributed by atoms with Crippen molar-refractivity contribution in [3.8, 4) is 5.88 Å². The average molecular weight is 199 g/mol. The lowest BCUT2D eigenvalue weighted by Gasteiger charge is -1.92. The standard InChI is InChI=1S/C8H13N3OS/c1-3-4-9-5-6-7(12)11(2)8(13)10-6/h5,12H,3-4H2,1-2H3,(H,10,13). The number of hydrogen-bond acceptors (Lipinski definition) is 3. The van der Waals surface area contributed by atoms with E-state index in [2.05, 4.69) is 9.98 Å². The van der Waals surface area contributed by atoms with Crippen molar-refractivity contribution in [3.63, 3.8) is 0 Å². The van der Waals surface area contributed by atoms with Gasteiger partial charge >= 0.3 is 0 Å². The second-order valence-electron chi connectivity index (χ2n) is 2.76. The van der Waals surface area contributed by atoms with Crippen molar-refractivity contribution in [2.75, 3.05) is 6.54 Å². The van der Waals surface area contributed by atoms with Crippen molar-refractivity contribution in [2.24, 2.45) is 12.0 Å². The van der Waals surface area contributed by atoms with Crippen molar-refractivity contribution < 1.29 is 5.11 Å². The van der Waals surface area contributed by atoms with Crippen LogP contribution in [0.25, 0.3) is 0 Å². The predicted molar refractivity (Wildman–Crippen MR) is 55.0 cm³/mol. The van der Waals surface area contributed by atoms with Crippen molar-refractivity contribution in [3.05, 3.63) is 10.5 Å². The summed E-state index contributed by atoms with van der Waals surface area (Å²) in [6.45, 7) is 2.80. The fraction of sp³-hybridized carbons (Fsp3) is 0.500. The number of nitrogens with zero attached hydrogens (tertiary/aromatic N) is 2. The molecule has 2 N–H and O–H groups in total. The van der Waals surface area contributed by atoms with Gasteiger partial charge in [-0.3, -0.25) is 9.56 Å². The fourth-order valence-corrected chi connectivity index (χ4v) is 1.10. The molecule has 0 unspecified atom stereocenters. The van der Waals surface area contributed by atoms with Crippen LogP contribution >= 0.6 is 12.2 Å². The molecule has 5 heteroatoms. The molecule has 0 bridgehead atoms. The first-order chi connectivity index (χ1) is 6.16. The number of aromatic nitrogens is 2. The Bertz CT molecular complexity index is 364. The summed E-state index contributed by atoms with van der Waals surface area (Å²) in [5.41, 5.74) is 0.570. The third kappa shape index (κ3) is 2.18. The zero-order valence-electron chi connectivity index (χ0n) is 7.74. The highest BCUT2D eigenvalue weighted by Crippen LogP contribution is 2.12. The summed E-state index contributed by atoms with van der Waals surface area (Å²) in [5.74, 6) is 0.129. The maximum absolute atomic E-state index is 9.49. The summed E-state index contributed by atoms with van der Waals surface area (Å²) in [7, 11) is 1.70. The van der Waals surface area contributed by atoms with E-state index in [1.54, 1.807) is 13.3 Å². The van der Waals surface area contributed by atoms with Gasteiger partial charge in [-0.1, -0.05) is 6.92 Å². The first-order valence-electron chi connectivity index (χ1n) is 4.14. The molecule has 4 nitrogen and oxygen atoms in total. The van der Waals surface area contributed by atoms with E-state index < -0.39 is 0 Å². The van der Waals surface area contributed by atoms with Crippen molar-refractivity contribution in [1.82, 2.24) is 9.55 Å². The number of hydrogen-bond donors (Lipinski definition) is 2. The van der Waals surface area contributed by atoms with Crippen LogP contribution < -0.4 is 0 Å². The molecule has 0 aliphatic carbocycles. The van der Waals surface area contributed by atoms with E-state index in [1.165, 1.54) is 4.57 Å². The predicted octanol–water partition coefficient (Wildman–Crippen LogP) is 1.62. The highest BCUT2D eigenvalue weighted by molar-refractivity contribution is 7.71. The zero-order valence-corrected chi connectivity index (χ0v) is 8.56. The second kappa shape index (κ2) is 4.23. The molecule has 0 fully saturated rings.